The molecule has 1 heterocycles. The summed E-state index contributed by atoms with van der Waals surface area (Å²) < 4.78 is 55.8. The normalized spacial score (nSPS) is 18.8. The van der Waals surface area contributed by atoms with Gasteiger partial charge in [0.1, 0.15) is 18.5 Å². The van der Waals surface area contributed by atoms with Crippen LogP contribution in [0, 0.1) is 5.82 Å². The van der Waals surface area contributed by atoms with Crippen molar-refractivity contribution in [2.45, 2.75) is 31.7 Å². The SMILES string of the molecule is O=C([C@H]1CCCO1)N(Cc1ccc(F)cc1)CC(F)(F)F. The van der Waals surface area contributed by atoms with Gasteiger partial charge in [-0.15, -0.1) is 0 Å². The van der Waals surface area contributed by atoms with Crippen molar-refractivity contribution < 1.29 is 27.1 Å². The van der Waals surface area contributed by atoms with Crippen LogP contribution in [0.1, 0.15) is 18.4 Å². The average molecular weight is 305 g/mol. The molecule has 0 radical (unpaired) electrons. The number of nitrogens with zero attached hydrogens (tertiary/aromatic N) is 1. The molecule has 7 heteroatoms. The first-order valence-corrected chi connectivity index (χ1v) is 6.57. The summed E-state index contributed by atoms with van der Waals surface area (Å²) >= 11 is 0. The third-order valence-corrected chi connectivity index (χ3v) is 3.17. The minimum atomic E-state index is -4.49. The fourth-order valence-electron chi connectivity index (χ4n) is 2.21. The molecular weight excluding hydrogens is 290 g/mol. The third kappa shape index (κ3) is 4.70. The van der Waals surface area contributed by atoms with Crippen LogP contribution in [0.25, 0.3) is 0 Å². The molecule has 21 heavy (non-hydrogen) atoms. The lowest BCUT2D eigenvalue weighted by atomic mass is 10.1. The van der Waals surface area contributed by atoms with Gasteiger partial charge in [-0.1, -0.05) is 12.1 Å². The van der Waals surface area contributed by atoms with Gasteiger partial charge >= 0.3 is 6.18 Å². The first kappa shape index (κ1) is 15.8. The molecule has 0 aliphatic carbocycles. The summed E-state index contributed by atoms with van der Waals surface area (Å²) in [6.45, 7) is -1.19. The molecule has 1 aromatic rings. The molecule has 1 aliphatic heterocycles. The van der Waals surface area contributed by atoms with Crippen LogP contribution in [0.2, 0.25) is 0 Å². The van der Waals surface area contributed by atoms with Crippen molar-refractivity contribution >= 4 is 5.91 Å². The highest BCUT2D eigenvalue weighted by molar-refractivity contribution is 5.81. The van der Waals surface area contributed by atoms with Crippen LogP contribution in [-0.2, 0) is 16.1 Å². The Labute approximate surface area is 119 Å². The summed E-state index contributed by atoms with van der Waals surface area (Å²) in [5, 5.41) is 0. The van der Waals surface area contributed by atoms with Gasteiger partial charge in [0.15, 0.2) is 0 Å². The summed E-state index contributed by atoms with van der Waals surface area (Å²) in [5.74, 6) is -1.15. The Morgan fingerprint density at radius 1 is 1.29 bits per heavy atom. The van der Waals surface area contributed by atoms with Gasteiger partial charge in [0, 0.05) is 13.2 Å². The van der Waals surface area contributed by atoms with Crippen molar-refractivity contribution in [3.8, 4) is 0 Å². The Balaban J connectivity index is 2.11. The summed E-state index contributed by atoms with van der Waals surface area (Å²) in [6, 6.07) is 5.03. The van der Waals surface area contributed by atoms with Gasteiger partial charge in [0.2, 0.25) is 0 Å². The molecule has 1 atom stereocenters. The fourth-order valence-corrected chi connectivity index (χ4v) is 2.21. The zero-order chi connectivity index (χ0) is 15.5. The molecule has 0 unspecified atom stereocenters. The van der Waals surface area contributed by atoms with Gasteiger partial charge in [-0.25, -0.2) is 4.39 Å². The molecule has 0 spiro atoms. The molecule has 1 saturated heterocycles. The van der Waals surface area contributed by atoms with Crippen molar-refractivity contribution in [1.82, 2.24) is 4.90 Å². The molecule has 1 aliphatic rings. The molecule has 0 bridgehead atoms. The van der Waals surface area contributed by atoms with Gasteiger partial charge in [0.25, 0.3) is 5.91 Å². The number of carbonyl (C=O) groups is 1. The molecule has 1 amide bonds. The van der Waals surface area contributed by atoms with E-state index >= 15 is 0 Å². The Morgan fingerprint density at radius 3 is 2.48 bits per heavy atom. The van der Waals surface area contributed by atoms with E-state index in [0.29, 0.717) is 29.9 Å². The van der Waals surface area contributed by atoms with Gasteiger partial charge in [-0.2, -0.15) is 13.2 Å². The van der Waals surface area contributed by atoms with E-state index in [1.807, 2.05) is 0 Å². The van der Waals surface area contributed by atoms with E-state index in [2.05, 4.69) is 0 Å². The molecule has 3 nitrogen and oxygen atoms in total. The van der Waals surface area contributed by atoms with Gasteiger partial charge in [-0.3, -0.25) is 4.79 Å². The molecule has 0 N–H and O–H groups in total. The summed E-state index contributed by atoms with van der Waals surface area (Å²) in [7, 11) is 0. The van der Waals surface area contributed by atoms with Crippen molar-refractivity contribution in [2.75, 3.05) is 13.2 Å². The number of amides is 1. The predicted octanol–water partition coefficient (Wildman–Crippen LogP) is 2.90. The molecule has 116 valence electrons. The second-order valence-corrected chi connectivity index (χ2v) is 4.94. The predicted molar refractivity (Wildman–Crippen MR) is 66.8 cm³/mol. The smallest absolute Gasteiger partial charge is 0.368 e. The first-order chi connectivity index (χ1) is 9.85. The largest absolute Gasteiger partial charge is 0.406 e. The van der Waals surface area contributed by atoms with E-state index in [0.717, 1.165) is 12.1 Å². The van der Waals surface area contributed by atoms with E-state index in [1.54, 1.807) is 0 Å². The van der Waals surface area contributed by atoms with E-state index in [9.17, 15) is 22.4 Å². The maximum Gasteiger partial charge on any atom is 0.406 e. The quantitative estimate of drug-likeness (QED) is 0.801. The zero-order valence-corrected chi connectivity index (χ0v) is 11.2. The van der Waals surface area contributed by atoms with E-state index in [1.165, 1.54) is 12.1 Å². The molecule has 1 fully saturated rings. The van der Waals surface area contributed by atoms with Crippen molar-refractivity contribution in [1.29, 1.82) is 0 Å². The van der Waals surface area contributed by atoms with Gasteiger partial charge in [0.05, 0.1) is 0 Å². The summed E-state index contributed by atoms with van der Waals surface area (Å²) in [5.41, 5.74) is 0.437. The number of carbonyl (C=O) groups excluding carboxylic acids is 1. The van der Waals surface area contributed by atoms with Crippen LogP contribution in [0.4, 0.5) is 17.6 Å². The number of hydrogen-bond acceptors (Lipinski definition) is 2. The fraction of sp³-hybridized carbons (Fsp3) is 0.500. The highest BCUT2D eigenvalue weighted by Crippen LogP contribution is 2.22. The maximum absolute atomic E-state index is 12.8. The maximum atomic E-state index is 12.8. The lowest BCUT2D eigenvalue weighted by molar-refractivity contribution is -0.168. The van der Waals surface area contributed by atoms with Crippen LogP contribution in [0.5, 0.6) is 0 Å². The van der Waals surface area contributed by atoms with Gasteiger partial charge < -0.3 is 9.64 Å². The van der Waals surface area contributed by atoms with Crippen LogP contribution in [0.15, 0.2) is 24.3 Å². The Bertz CT molecular complexity index is 481. The Kier molecular flexibility index (Phi) is 4.82. The van der Waals surface area contributed by atoms with Crippen LogP contribution < -0.4 is 0 Å². The molecule has 0 aromatic heterocycles. The number of halogens is 4. The van der Waals surface area contributed by atoms with Crippen LogP contribution >= 0.6 is 0 Å². The number of benzene rings is 1. The monoisotopic (exact) mass is 305 g/mol. The first-order valence-electron chi connectivity index (χ1n) is 6.57. The van der Waals surface area contributed by atoms with Crippen LogP contribution in [0.3, 0.4) is 0 Å². The highest BCUT2D eigenvalue weighted by atomic mass is 19.4. The van der Waals surface area contributed by atoms with Crippen molar-refractivity contribution in [3.05, 3.63) is 35.6 Å². The van der Waals surface area contributed by atoms with Crippen molar-refractivity contribution in [3.63, 3.8) is 0 Å². The second-order valence-electron chi connectivity index (χ2n) is 4.94. The average Bonchev–Trinajstić information content (AvgIpc) is 2.92. The molecule has 2 rings (SSSR count). The van der Waals surface area contributed by atoms with Crippen LogP contribution in [-0.4, -0.2) is 36.2 Å². The Hall–Kier alpha value is -1.63. The van der Waals surface area contributed by atoms with E-state index < -0.39 is 30.5 Å². The minimum absolute atomic E-state index is 0.224. The van der Waals surface area contributed by atoms with E-state index in [-0.39, 0.29) is 6.54 Å². The molecule has 0 saturated carbocycles. The second kappa shape index (κ2) is 6.43. The van der Waals surface area contributed by atoms with Crippen molar-refractivity contribution in [2.24, 2.45) is 0 Å². The lowest BCUT2D eigenvalue weighted by Crippen LogP contribution is -2.43. The topological polar surface area (TPSA) is 29.5 Å². The molecular formula is C14H15F4NO2. The third-order valence-electron chi connectivity index (χ3n) is 3.17. The minimum Gasteiger partial charge on any atom is -0.368 e. The standard InChI is InChI=1S/C14H15F4NO2/c15-11-5-3-10(4-6-11)8-19(9-14(16,17)18)13(20)12-2-1-7-21-12/h3-6,12H,1-2,7-9H2/t12-/m1/s1. The zero-order valence-electron chi connectivity index (χ0n) is 11.2. The number of alkyl halides is 3. The van der Waals surface area contributed by atoms with E-state index in [4.69, 9.17) is 4.74 Å². The highest BCUT2D eigenvalue weighted by Gasteiger charge is 2.36. The summed E-state index contributed by atoms with van der Waals surface area (Å²) in [6.07, 6.45) is -4.22. The number of ether oxygens (including phenoxy) is 1. The summed E-state index contributed by atoms with van der Waals surface area (Å²) in [4.78, 5) is 12.8. The lowest BCUT2D eigenvalue weighted by Gasteiger charge is -2.26. The number of rotatable bonds is 4. The Morgan fingerprint density at radius 2 is 1.95 bits per heavy atom. The number of hydrogen-bond donors (Lipinski definition) is 0. The molecule has 1 aromatic carbocycles. The van der Waals surface area contributed by atoms with Gasteiger partial charge in [-0.05, 0) is 30.5 Å².